The minimum Gasteiger partial charge on any atom is -0.494 e. The molecular weight excluding hydrogens is 420 g/mol. The smallest absolute Gasteiger partial charge is 0.307 e. The van der Waals surface area contributed by atoms with E-state index in [9.17, 15) is 22.0 Å². The molecule has 0 radical (unpaired) electrons. The van der Waals surface area contributed by atoms with Crippen LogP contribution in [-0.2, 0) is 19.6 Å². The second kappa shape index (κ2) is 11.5. The van der Waals surface area contributed by atoms with Gasteiger partial charge in [-0.1, -0.05) is 6.92 Å². The molecule has 7 nitrogen and oxygen atoms in total. The Bertz CT molecular complexity index is 935. The summed E-state index contributed by atoms with van der Waals surface area (Å²) in [7, 11) is -4.07. The number of sulfonamides is 1. The summed E-state index contributed by atoms with van der Waals surface area (Å²) >= 11 is 0. The molecule has 0 saturated carbocycles. The highest BCUT2D eigenvalue weighted by Crippen LogP contribution is 2.17. The van der Waals surface area contributed by atoms with E-state index in [1.807, 2.05) is 6.92 Å². The molecule has 30 heavy (non-hydrogen) atoms. The molecule has 2 rings (SSSR count). The van der Waals surface area contributed by atoms with Crippen LogP contribution < -0.4 is 14.2 Å². The first-order chi connectivity index (χ1) is 14.3. The van der Waals surface area contributed by atoms with Gasteiger partial charge in [0.15, 0.2) is 11.6 Å². The molecule has 0 spiro atoms. The molecule has 0 saturated heterocycles. The van der Waals surface area contributed by atoms with Crippen molar-refractivity contribution in [3.8, 4) is 11.5 Å². The van der Waals surface area contributed by atoms with Crippen molar-refractivity contribution in [3.05, 3.63) is 54.1 Å². The fourth-order valence-corrected chi connectivity index (χ4v) is 3.30. The standard InChI is InChI=1S/C20H23F2NO6S/c1-2-11-27-15-3-5-16(6-4-15)28-12-13-29-20(24)9-10-23-30(25,26)17-7-8-18(21)19(22)14-17/h3-8,14,23H,2,9-13H2,1H3. The van der Waals surface area contributed by atoms with Crippen molar-refractivity contribution in [2.24, 2.45) is 0 Å². The molecule has 0 aromatic heterocycles. The van der Waals surface area contributed by atoms with Gasteiger partial charge in [0.05, 0.1) is 17.9 Å². The number of hydrogen-bond acceptors (Lipinski definition) is 6. The van der Waals surface area contributed by atoms with E-state index in [1.54, 1.807) is 24.3 Å². The topological polar surface area (TPSA) is 90.9 Å². The highest BCUT2D eigenvalue weighted by molar-refractivity contribution is 7.89. The Balaban J connectivity index is 1.65. The van der Waals surface area contributed by atoms with Gasteiger partial charge in [-0.25, -0.2) is 21.9 Å². The van der Waals surface area contributed by atoms with E-state index in [-0.39, 0.29) is 26.2 Å². The van der Waals surface area contributed by atoms with Gasteiger partial charge >= 0.3 is 5.97 Å². The van der Waals surface area contributed by atoms with E-state index in [1.165, 1.54) is 0 Å². The van der Waals surface area contributed by atoms with Gasteiger partial charge in [-0.3, -0.25) is 4.79 Å². The van der Waals surface area contributed by atoms with Crippen LogP contribution in [0.4, 0.5) is 8.78 Å². The largest absolute Gasteiger partial charge is 0.494 e. The molecule has 0 aliphatic heterocycles. The molecule has 2 aromatic carbocycles. The van der Waals surface area contributed by atoms with E-state index in [2.05, 4.69) is 4.72 Å². The predicted molar refractivity (Wildman–Crippen MR) is 105 cm³/mol. The fraction of sp³-hybridized carbons (Fsp3) is 0.350. The SMILES string of the molecule is CCCOc1ccc(OCCOC(=O)CCNS(=O)(=O)c2ccc(F)c(F)c2)cc1. The molecular formula is C20H23F2NO6S. The van der Waals surface area contributed by atoms with Crippen molar-refractivity contribution in [1.82, 2.24) is 4.72 Å². The van der Waals surface area contributed by atoms with Gasteiger partial charge in [-0.05, 0) is 48.9 Å². The van der Waals surface area contributed by atoms with Crippen molar-refractivity contribution in [1.29, 1.82) is 0 Å². The quantitative estimate of drug-likeness (QED) is 0.401. The third kappa shape index (κ3) is 7.60. The minimum atomic E-state index is -4.07. The number of nitrogens with one attached hydrogen (secondary N) is 1. The second-order valence-corrected chi connectivity index (χ2v) is 7.88. The third-order valence-electron chi connectivity index (χ3n) is 3.73. The normalized spacial score (nSPS) is 11.2. The lowest BCUT2D eigenvalue weighted by atomic mass is 10.3. The lowest BCUT2D eigenvalue weighted by Gasteiger charge is -2.09. The van der Waals surface area contributed by atoms with Crippen LogP contribution in [0.1, 0.15) is 19.8 Å². The van der Waals surface area contributed by atoms with Crippen LogP contribution in [0.3, 0.4) is 0 Å². The summed E-state index contributed by atoms with van der Waals surface area (Å²) < 4.78 is 68.0. The van der Waals surface area contributed by atoms with Crippen LogP contribution >= 0.6 is 0 Å². The number of carbonyl (C=O) groups is 1. The predicted octanol–water partition coefficient (Wildman–Crippen LogP) is 3.04. The highest BCUT2D eigenvalue weighted by Gasteiger charge is 2.16. The molecule has 0 fully saturated rings. The van der Waals surface area contributed by atoms with Crippen LogP contribution in [0.25, 0.3) is 0 Å². The van der Waals surface area contributed by atoms with Gasteiger partial charge in [0.2, 0.25) is 10.0 Å². The fourth-order valence-electron chi connectivity index (χ4n) is 2.25. The van der Waals surface area contributed by atoms with E-state index >= 15 is 0 Å². The van der Waals surface area contributed by atoms with Gasteiger partial charge in [0.1, 0.15) is 24.7 Å². The number of halogens is 2. The molecule has 0 aliphatic carbocycles. The average molecular weight is 443 g/mol. The summed E-state index contributed by atoms with van der Waals surface area (Å²) in [5, 5.41) is 0. The number of rotatable bonds is 12. The zero-order chi connectivity index (χ0) is 22.0. The highest BCUT2D eigenvalue weighted by atomic mass is 32.2. The van der Waals surface area contributed by atoms with Crippen LogP contribution in [-0.4, -0.2) is 40.8 Å². The summed E-state index contributed by atoms with van der Waals surface area (Å²) in [6, 6.07) is 9.23. The summed E-state index contributed by atoms with van der Waals surface area (Å²) in [5.74, 6) is -1.73. The maximum atomic E-state index is 13.2. The molecule has 164 valence electrons. The van der Waals surface area contributed by atoms with Gasteiger partial charge in [0, 0.05) is 6.54 Å². The number of esters is 1. The monoisotopic (exact) mass is 443 g/mol. The molecule has 10 heteroatoms. The van der Waals surface area contributed by atoms with Crippen molar-refractivity contribution in [2.75, 3.05) is 26.4 Å². The molecule has 1 N–H and O–H groups in total. The van der Waals surface area contributed by atoms with Crippen molar-refractivity contribution >= 4 is 16.0 Å². The van der Waals surface area contributed by atoms with Crippen LogP contribution in [0.15, 0.2) is 47.4 Å². The molecule has 0 aliphatic rings. The first-order valence-electron chi connectivity index (χ1n) is 9.28. The van der Waals surface area contributed by atoms with Gasteiger partial charge < -0.3 is 14.2 Å². The number of carbonyl (C=O) groups excluding carboxylic acids is 1. The zero-order valence-electron chi connectivity index (χ0n) is 16.4. The van der Waals surface area contributed by atoms with E-state index in [4.69, 9.17) is 14.2 Å². The lowest BCUT2D eigenvalue weighted by Crippen LogP contribution is -2.27. The number of hydrogen-bond donors (Lipinski definition) is 1. The number of benzene rings is 2. The first-order valence-corrected chi connectivity index (χ1v) is 10.8. The van der Waals surface area contributed by atoms with Crippen LogP contribution in [0, 0.1) is 11.6 Å². The van der Waals surface area contributed by atoms with E-state index in [0.29, 0.717) is 24.5 Å². The first kappa shape index (κ1) is 23.6. The Morgan fingerprint density at radius 1 is 0.933 bits per heavy atom. The van der Waals surface area contributed by atoms with Crippen molar-refractivity contribution in [2.45, 2.75) is 24.7 Å². The van der Waals surface area contributed by atoms with Gasteiger partial charge in [-0.15, -0.1) is 0 Å². The molecule has 0 atom stereocenters. The molecule has 2 aromatic rings. The summed E-state index contributed by atoms with van der Waals surface area (Å²) in [6.07, 6.45) is 0.683. The lowest BCUT2D eigenvalue weighted by molar-refractivity contribution is -0.144. The Morgan fingerprint density at radius 3 is 2.17 bits per heavy atom. The molecule has 0 unspecified atom stereocenters. The summed E-state index contributed by atoms with van der Waals surface area (Å²) in [5.41, 5.74) is 0. The Morgan fingerprint density at radius 2 is 1.57 bits per heavy atom. The minimum absolute atomic E-state index is 0.0111. The zero-order valence-corrected chi connectivity index (χ0v) is 17.2. The molecule has 0 heterocycles. The molecule has 0 bridgehead atoms. The summed E-state index contributed by atoms with van der Waals surface area (Å²) in [6.45, 7) is 2.51. The van der Waals surface area contributed by atoms with Crippen LogP contribution in [0.5, 0.6) is 11.5 Å². The maximum absolute atomic E-state index is 13.2. The van der Waals surface area contributed by atoms with Crippen molar-refractivity contribution in [3.63, 3.8) is 0 Å². The Labute approximate surface area is 174 Å². The maximum Gasteiger partial charge on any atom is 0.307 e. The summed E-state index contributed by atoms with van der Waals surface area (Å²) in [4.78, 5) is 11.2. The average Bonchev–Trinajstić information content (AvgIpc) is 2.72. The van der Waals surface area contributed by atoms with E-state index in [0.717, 1.165) is 18.2 Å². The molecule has 0 amide bonds. The third-order valence-corrected chi connectivity index (χ3v) is 5.19. The van der Waals surface area contributed by atoms with E-state index < -0.39 is 32.5 Å². The van der Waals surface area contributed by atoms with Crippen molar-refractivity contribution < 1.29 is 36.2 Å². The van der Waals surface area contributed by atoms with Gasteiger partial charge in [0.25, 0.3) is 0 Å². The van der Waals surface area contributed by atoms with Crippen LogP contribution in [0.2, 0.25) is 0 Å². The Hall–Kier alpha value is -2.72. The van der Waals surface area contributed by atoms with Gasteiger partial charge in [-0.2, -0.15) is 0 Å². The number of ether oxygens (including phenoxy) is 3. The Kier molecular flexibility index (Phi) is 9.00. The second-order valence-electron chi connectivity index (χ2n) is 6.11.